The lowest BCUT2D eigenvalue weighted by Crippen LogP contribution is -2.64. The lowest BCUT2D eigenvalue weighted by molar-refractivity contribution is -0.270. The summed E-state index contributed by atoms with van der Waals surface area (Å²) in [6, 6.07) is -4.21. The third kappa shape index (κ3) is 44.0. The first-order valence-electron chi connectivity index (χ1n) is 43.3. The first-order chi connectivity index (χ1) is 58.1. The van der Waals surface area contributed by atoms with E-state index in [2.05, 4.69) is 42.5 Å². The Hall–Kier alpha value is -5.42. The maximum absolute atomic E-state index is 14.8. The third-order valence-corrected chi connectivity index (χ3v) is 21.9. The fourth-order valence-electron chi connectivity index (χ4n) is 14.1. The van der Waals surface area contributed by atoms with Crippen molar-refractivity contribution in [2.45, 2.75) is 317 Å². The van der Waals surface area contributed by atoms with Gasteiger partial charge in [-0.05, 0) is 83.5 Å². The van der Waals surface area contributed by atoms with Crippen molar-refractivity contribution >= 4 is 61.0 Å². The van der Waals surface area contributed by atoms with Crippen LogP contribution in [0.3, 0.4) is 0 Å². The Morgan fingerprint density at radius 1 is 0.397 bits per heavy atom. The van der Waals surface area contributed by atoms with Crippen LogP contribution in [0.15, 0.2) is 0 Å². The Morgan fingerprint density at radius 2 is 0.711 bits per heavy atom. The van der Waals surface area contributed by atoms with Gasteiger partial charge in [0.1, 0.15) is 84.6 Å². The van der Waals surface area contributed by atoms with Crippen molar-refractivity contribution in [3.05, 3.63) is 0 Å². The first kappa shape index (κ1) is 108. The lowest BCUT2D eigenvalue weighted by atomic mass is 9.97. The van der Waals surface area contributed by atoms with Gasteiger partial charge in [0.25, 0.3) is 0 Å². The summed E-state index contributed by atoms with van der Waals surface area (Å²) < 4.78 is 75.4. The molecule has 19 N–H and O–H groups in total. The second-order valence-electron chi connectivity index (χ2n) is 31.2. The van der Waals surface area contributed by atoms with Gasteiger partial charge >= 0.3 is 7.82 Å². The maximum atomic E-state index is 14.8. The van der Waals surface area contributed by atoms with Crippen molar-refractivity contribution in [3.63, 3.8) is 0 Å². The molecule has 0 aromatic rings. The number of carbonyl (C=O) groups excluding carboxylic acids is 9. The van der Waals surface area contributed by atoms with Crippen LogP contribution < -0.4 is 42.5 Å². The summed E-state index contributed by atoms with van der Waals surface area (Å²) in [6.07, 6.45) is 0.00689. The van der Waals surface area contributed by atoms with Gasteiger partial charge in [0, 0.05) is 112 Å². The predicted octanol–water partition coefficient (Wildman–Crippen LogP) is -1.72. The van der Waals surface area contributed by atoms with Gasteiger partial charge in [-0.2, -0.15) is 0 Å². The molecule has 702 valence electrons. The molecule has 4 aliphatic rings. The van der Waals surface area contributed by atoms with E-state index in [1.54, 1.807) is 0 Å². The van der Waals surface area contributed by atoms with Crippen LogP contribution in [-0.4, -0.2) is 349 Å². The zero-order chi connectivity index (χ0) is 88.8. The minimum Gasteiger partial charge on any atom is -0.396 e. The van der Waals surface area contributed by atoms with Gasteiger partial charge in [0.2, 0.25) is 53.2 Å². The van der Waals surface area contributed by atoms with Crippen LogP contribution in [0.4, 0.5) is 0 Å². The molecule has 4 rings (SSSR count). The number of hydrogen-bond acceptors (Lipinski definition) is 31. The Bertz CT molecular complexity index is 2780. The largest absolute Gasteiger partial charge is 0.472 e. The molecule has 4 saturated heterocycles. The van der Waals surface area contributed by atoms with E-state index in [-0.39, 0.29) is 160 Å². The Labute approximate surface area is 709 Å². The first-order valence-corrected chi connectivity index (χ1v) is 44.8. The molecule has 0 aromatic carbocycles. The lowest BCUT2D eigenvalue weighted by Gasteiger charge is -2.42. The number of nitrogens with one attached hydrogen (secondary N) is 8. The van der Waals surface area contributed by atoms with Crippen LogP contribution in [-0.2, 0) is 99.4 Å². The van der Waals surface area contributed by atoms with Crippen LogP contribution in [0.1, 0.15) is 213 Å². The molecule has 0 aromatic heterocycles. The molecule has 9 amide bonds. The van der Waals surface area contributed by atoms with E-state index in [9.17, 15) is 98.6 Å². The molecule has 0 radical (unpaired) electrons. The van der Waals surface area contributed by atoms with Crippen molar-refractivity contribution < 1.29 is 155 Å². The number of carbonyl (C=O) groups is 9. The number of phosphoric ester groups is 1. The molecule has 0 bridgehead atoms. The molecule has 4 fully saturated rings. The molecule has 4 aliphatic heterocycles. The minimum absolute atomic E-state index is 0.0323. The summed E-state index contributed by atoms with van der Waals surface area (Å²) in [6.45, 7) is 2.85. The molecular formula is C79H144N9O32P. The van der Waals surface area contributed by atoms with Crippen LogP contribution in [0, 0.1) is 0 Å². The SMILES string of the molecule is CC(=O)NC1C(OCCCCCCNC(=O)CCOCC(COCCC(=O)NCCCCCCOC2OC(CO)C(O)C(O)C2NC(C)=O)(COCCC(=O)NCCCCCCOC2OC(CO)C(O)C(O)C2NC(C)=O)NC(=O)C2CCCN2C(=O)CCCC(=O)NCCCCCCOP(=O)(O)OCCCCCCCCO)OC(CO)C(O)C1O. The van der Waals surface area contributed by atoms with Crippen molar-refractivity contribution in [1.82, 2.24) is 47.4 Å². The number of amides is 9. The highest BCUT2D eigenvalue weighted by atomic mass is 31.2. The summed E-state index contributed by atoms with van der Waals surface area (Å²) in [5.74, 6) is -3.71. The van der Waals surface area contributed by atoms with E-state index in [1.807, 2.05) is 0 Å². The molecular weight excluding hydrogens is 1620 g/mol. The van der Waals surface area contributed by atoms with E-state index in [4.69, 9.17) is 56.8 Å². The number of hydrogen-bond donors (Lipinski definition) is 19. The summed E-state index contributed by atoms with van der Waals surface area (Å²) in [5.41, 5.74) is -1.57. The van der Waals surface area contributed by atoms with E-state index < -0.39 is 155 Å². The molecule has 17 unspecified atom stereocenters. The smallest absolute Gasteiger partial charge is 0.396 e. The van der Waals surface area contributed by atoms with E-state index in [0.717, 1.165) is 32.1 Å². The van der Waals surface area contributed by atoms with Gasteiger partial charge in [-0.1, -0.05) is 77.0 Å². The number of phosphoric acid groups is 1. The maximum Gasteiger partial charge on any atom is 0.472 e. The summed E-state index contributed by atoms with van der Waals surface area (Å²) in [7, 11) is -4.17. The van der Waals surface area contributed by atoms with E-state index in [0.29, 0.717) is 142 Å². The second-order valence-corrected chi connectivity index (χ2v) is 32.7. The normalized spacial score (nSPS) is 25.2. The summed E-state index contributed by atoms with van der Waals surface area (Å²) in [4.78, 5) is 129. The number of ether oxygens (including phenoxy) is 9. The molecule has 41 nitrogen and oxygen atoms in total. The van der Waals surface area contributed by atoms with E-state index in [1.165, 1.54) is 25.7 Å². The van der Waals surface area contributed by atoms with E-state index >= 15 is 0 Å². The highest BCUT2D eigenvalue weighted by Gasteiger charge is 2.49. The molecule has 17 atom stereocenters. The number of likely N-dealkylation sites (tertiary alicyclic amines) is 1. The van der Waals surface area contributed by atoms with Crippen molar-refractivity contribution in [3.8, 4) is 0 Å². The predicted molar refractivity (Wildman–Crippen MR) is 432 cm³/mol. The summed E-state index contributed by atoms with van der Waals surface area (Å²) >= 11 is 0. The van der Waals surface area contributed by atoms with Crippen molar-refractivity contribution in [2.75, 3.05) is 132 Å². The molecule has 0 saturated carbocycles. The Morgan fingerprint density at radius 3 is 1.04 bits per heavy atom. The number of aliphatic hydroxyl groups excluding tert-OH is 10. The standard InChI is InChI=1S/C79H144N9O32P/c1-54(93)84-66-72(104)69(101)58(48-90)118-76(66)113-40-21-12-6-16-35-81-62(97)31-45-110-51-79(52-111-46-32-63(98)82-36-17-7-13-22-41-114-77-67(85-55(2)94)73(105)70(102)59(49-91)119-77,53-112-47-33-64(99)83-37-18-8-14-23-42-115-78-68(86-56(3)95)74(106)71(103)60(50-92)120-78)87-75(107)57-28-27-38-88(57)65(100)30-26-29-61(96)80-34-19-9-15-25-44-117-121(108,109)116-43-24-11-5-4-10-20-39-89/h57-60,66-74,76-78,89-92,101-106H,4-53H2,1-3H3,(H,80,96)(H,81,97)(H,82,98)(H,83,99)(H,84,93)(H,85,94)(H,86,95)(H,87,107)(H,108,109). The minimum atomic E-state index is -4.17. The van der Waals surface area contributed by atoms with Gasteiger partial charge in [0.05, 0.1) is 72.7 Å². The van der Waals surface area contributed by atoms with Crippen LogP contribution in [0.2, 0.25) is 0 Å². The van der Waals surface area contributed by atoms with Crippen molar-refractivity contribution in [1.29, 1.82) is 0 Å². The molecule has 0 aliphatic carbocycles. The topological polar surface area (TPSA) is 594 Å². The zero-order valence-electron chi connectivity index (χ0n) is 71.0. The molecule has 121 heavy (non-hydrogen) atoms. The third-order valence-electron chi connectivity index (χ3n) is 20.8. The van der Waals surface area contributed by atoms with Crippen LogP contribution in [0.25, 0.3) is 0 Å². The van der Waals surface area contributed by atoms with Crippen LogP contribution in [0.5, 0.6) is 0 Å². The van der Waals surface area contributed by atoms with Gasteiger partial charge < -0.3 is 146 Å². The highest BCUT2D eigenvalue weighted by Crippen LogP contribution is 2.43. The fraction of sp³-hybridized carbons (Fsp3) is 0.886. The Balaban J connectivity index is 1.37. The number of aliphatic hydroxyl groups is 10. The van der Waals surface area contributed by atoms with Gasteiger partial charge in [0.15, 0.2) is 18.9 Å². The average Bonchev–Trinajstić information content (AvgIpc) is 1.73. The zero-order valence-corrected chi connectivity index (χ0v) is 71.9. The summed E-state index contributed by atoms with van der Waals surface area (Å²) in [5, 5.41) is 123. The monoisotopic (exact) mass is 1760 g/mol. The average molecular weight is 1760 g/mol. The quantitative estimate of drug-likeness (QED) is 0.0238. The van der Waals surface area contributed by atoms with Crippen LogP contribution >= 0.6 is 7.82 Å². The van der Waals surface area contributed by atoms with Gasteiger partial charge in [-0.15, -0.1) is 0 Å². The number of rotatable bonds is 68. The number of unbranched alkanes of at least 4 members (excludes halogenated alkanes) is 17. The second kappa shape index (κ2) is 62.7. The van der Waals surface area contributed by atoms with Gasteiger partial charge in [-0.3, -0.25) is 52.2 Å². The number of nitrogens with zero attached hydrogens (tertiary/aromatic N) is 1. The molecule has 0 spiro atoms. The fourth-order valence-corrected chi connectivity index (χ4v) is 14.9. The van der Waals surface area contributed by atoms with Gasteiger partial charge in [-0.25, -0.2) is 4.57 Å². The molecule has 4 heterocycles. The highest BCUT2D eigenvalue weighted by molar-refractivity contribution is 7.47. The Kier molecular flexibility index (Phi) is 55.9. The van der Waals surface area contributed by atoms with Crippen molar-refractivity contribution in [2.24, 2.45) is 0 Å². The molecule has 42 heteroatoms.